The molecule has 0 amide bonds. The van der Waals surface area contributed by atoms with E-state index in [-0.39, 0.29) is 5.25 Å². The number of nitrogens with one attached hydrogen (secondary N) is 1. The Morgan fingerprint density at radius 1 is 1.45 bits per heavy atom. The van der Waals surface area contributed by atoms with Crippen molar-refractivity contribution in [3.8, 4) is 0 Å². The van der Waals surface area contributed by atoms with Gasteiger partial charge in [0, 0.05) is 24.7 Å². The minimum atomic E-state index is -2.91. The zero-order chi connectivity index (χ0) is 14.6. The lowest BCUT2D eigenvalue weighted by Crippen LogP contribution is -2.40. The van der Waals surface area contributed by atoms with Crippen LogP contribution in [0.5, 0.6) is 0 Å². The van der Waals surface area contributed by atoms with Gasteiger partial charge in [-0.2, -0.15) is 0 Å². The van der Waals surface area contributed by atoms with Gasteiger partial charge in [0.1, 0.15) is 9.84 Å². The maximum Gasteiger partial charge on any atom is 0.150 e. The van der Waals surface area contributed by atoms with Crippen molar-refractivity contribution in [3.05, 3.63) is 30.1 Å². The minimum absolute atomic E-state index is 0.161. The predicted octanol–water partition coefficient (Wildman–Crippen LogP) is 1.82. The molecule has 5 heteroatoms. The fourth-order valence-corrected chi connectivity index (χ4v) is 4.40. The molecule has 0 spiro atoms. The van der Waals surface area contributed by atoms with Crippen LogP contribution in [0.25, 0.3) is 0 Å². The molecule has 1 aromatic rings. The second kappa shape index (κ2) is 6.68. The van der Waals surface area contributed by atoms with Crippen molar-refractivity contribution >= 4 is 9.84 Å². The highest BCUT2D eigenvalue weighted by Gasteiger charge is 2.32. The van der Waals surface area contributed by atoms with Gasteiger partial charge in [0.2, 0.25) is 0 Å². The van der Waals surface area contributed by atoms with Gasteiger partial charge in [-0.25, -0.2) is 8.42 Å². The first-order valence-corrected chi connectivity index (χ1v) is 9.21. The Hall–Kier alpha value is -0.940. The minimum Gasteiger partial charge on any atom is -0.316 e. The molecule has 0 aromatic carbocycles. The predicted molar refractivity (Wildman–Crippen MR) is 81.4 cm³/mol. The van der Waals surface area contributed by atoms with E-state index in [1.807, 2.05) is 19.3 Å². The lowest BCUT2D eigenvalue weighted by molar-refractivity contribution is 0.277. The summed E-state index contributed by atoms with van der Waals surface area (Å²) in [5, 5.41) is 3.21. The number of nitrogens with zero attached hydrogens (tertiary/aromatic N) is 1. The van der Waals surface area contributed by atoms with E-state index in [1.165, 1.54) is 11.8 Å². The summed E-state index contributed by atoms with van der Waals surface area (Å²) < 4.78 is 23.5. The van der Waals surface area contributed by atoms with E-state index in [9.17, 15) is 8.42 Å². The van der Waals surface area contributed by atoms with Crippen molar-refractivity contribution < 1.29 is 8.42 Å². The number of pyridine rings is 1. The van der Waals surface area contributed by atoms with Crippen LogP contribution in [-0.2, 0) is 16.3 Å². The van der Waals surface area contributed by atoms with Gasteiger partial charge in [0.25, 0.3) is 0 Å². The molecule has 20 heavy (non-hydrogen) atoms. The molecule has 1 aliphatic carbocycles. The summed E-state index contributed by atoms with van der Waals surface area (Å²) in [6, 6.07) is 4.35. The molecule has 0 aliphatic heterocycles. The van der Waals surface area contributed by atoms with E-state index in [1.54, 1.807) is 6.20 Å². The summed E-state index contributed by atoms with van der Waals surface area (Å²) in [6.07, 6.45) is 9.66. The SMILES string of the molecule is CNC(Cc1cccnc1)C1CCCC(S(C)(=O)=O)C1. The Morgan fingerprint density at radius 3 is 2.85 bits per heavy atom. The molecule has 1 aromatic heterocycles. The second-order valence-electron chi connectivity index (χ2n) is 5.84. The summed E-state index contributed by atoms with van der Waals surface area (Å²) in [7, 11) is -0.950. The van der Waals surface area contributed by atoms with Crippen LogP contribution in [0.3, 0.4) is 0 Å². The molecule has 0 bridgehead atoms. The highest BCUT2D eigenvalue weighted by Crippen LogP contribution is 2.31. The molecule has 3 atom stereocenters. The highest BCUT2D eigenvalue weighted by molar-refractivity contribution is 7.91. The monoisotopic (exact) mass is 296 g/mol. The third-order valence-corrected chi connectivity index (χ3v) is 6.03. The van der Waals surface area contributed by atoms with Crippen molar-refractivity contribution in [3.63, 3.8) is 0 Å². The Balaban J connectivity index is 2.04. The third kappa shape index (κ3) is 4.03. The van der Waals surface area contributed by atoms with Crippen molar-refractivity contribution in [1.29, 1.82) is 0 Å². The van der Waals surface area contributed by atoms with Gasteiger partial charge in [0.05, 0.1) is 5.25 Å². The first kappa shape index (κ1) is 15.4. The molecule has 112 valence electrons. The standard InChI is InChI=1S/C15H24N2O2S/c1-16-15(9-12-5-4-8-17-11-12)13-6-3-7-14(10-13)20(2,18)19/h4-5,8,11,13-16H,3,6-7,9-10H2,1-2H3. The number of hydrogen-bond acceptors (Lipinski definition) is 4. The average Bonchev–Trinajstić information content (AvgIpc) is 2.45. The van der Waals surface area contributed by atoms with Gasteiger partial charge >= 0.3 is 0 Å². The Kier molecular flexibility index (Phi) is 5.16. The molecule has 4 nitrogen and oxygen atoms in total. The maximum absolute atomic E-state index is 11.8. The Bertz CT molecular complexity index is 516. The summed E-state index contributed by atoms with van der Waals surface area (Å²) in [6.45, 7) is 0. The van der Waals surface area contributed by atoms with Crippen LogP contribution >= 0.6 is 0 Å². The first-order chi connectivity index (χ1) is 9.50. The van der Waals surface area contributed by atoms with Crippen molar-refractivity contribution in [2.45, 2.75) is 43.4 Å². The largest absolute Gasteiger partial charge is 0.316 e. The molecule has 3 unspecified atom stereocenters. The molecule has 1 aliphatic rings. The zero-order valence-corrected chi connectivity index (χ0v) is 13.1. The lowest BCUT2D eigenvalue weighted by atomic mass is 9.81. The van der Waals surface area contributed by atoms with E-state index in [0.717, 1.165) is 32.1 Å². The summed E-state index contributed by atoms with van der Waals surface area (Å²) in [4.78, 5) is 4.15. The number of sulfone groups is 1. The Morgan fingerprint density at radius 2 is 2.25 bits per heavy atom. The van der Waals surface area contributed by atoms with Crippen molar-refractivity contribution in [2.24, 2.45) is 5.92 Å². The average molecular weight is 296 g/mol. The van der Waals surface area contributed by atoms with Crippen LogP contribution in [0.4, 0.5) is 0 Å². The van der Waals surface area contributed by atoms with Crippen LogP contribution in [-0.4, -0.2) is 38.0 Å². The van der Waals surface area contributed by atoms with E-state index < -0.39 is 9.84 Å². The number of rotatable bonds is 5. The molecule has 0 radical (unpaired) electrons. The van der Waals surface area contributed by atoms with Crippen LogP contribution in [0.15, 0.2) is 24.5 Å². The van der Waals surface area contributed by atoms with E-state index in [0.29, 0.717) is 12.0 Å². The van der Waals surface area contributed by atoms with Gasteiger partial charge in [-0.05, 0) is 50.3 Å². The number of aromatic nitrogens is 1. The van der Waals surface area contributed by atoms with E-state index in [2.05, 4.69) is 16.4 Å². The molecule has 1 heterocycles. The fourth-order valence-electron chi connectivity index (χ4n) is 3.21. The summed E-state index contributed by atoms with van der Waals surface area (Å²) >= 11 is 0. The van der Waals surface area contributed by atoms with E-state index in [4.69, 9.17) is 0 Å². The zero-order valence-electron chi connectivity index (χ0n) is 12.2. The van der Waals surface area contributed by atoms with Gasteiger partial charge < -0.3 is 5.32 Å². The molecule has 2 rings (SSSR count). The topological polar surface area (TPSA) is 59.1 Å². The van der Waals surface area contributed by atoms with Crippen LogP contribution < -0.4 is 5.32 Å². The van der Waals surface area contributed by atoms with Crippen molar-refractivity contribution in [2.75, 3.05) is 13.3 Å². The summed E-state index contributed by atoms with van der Waals surface area (Å²) in [5.41, 5.74) is 1.20. The highest BCUT2D eigenvalue weighted by atomic mass is 32.2. The molecular weight excluding hydrogens is 272 g/mol. The second-order valence-corrected chi connectivity index (χ2v) is 8.16. The van der Waals surface area contributed by atoms with Crippen LogP contribution in [0, 0.1) is 5.92 Å². The molecule has 1 saturated carbocycles. The molecular formula is C15H24N2O2S. The van der Waals surface area contributed by atoms with Gasteiger partial charge in [-0.3, -0.25) is 4.98 Å². The van der Waals surface area contributed by atoms with Crippen LogP contribution in [0.2, 0.25) is 0 Å². The molecule has 0 saturated heterocycles. The quantitative estimate of drug-likeness (QED) is 0.900. The van der Waals surface area contributed by atoms with Crippen LogP contribution in [0.1, 0.15) is 31.2 Å². The Labute approximate surface area is 121 Å². The van der Waals surface area contributed by atoms with Crippen molar-refractivity contribution in [1.82, 2.24) is 10.3 Å². The normalized spacial score (nSPS) is 25.3. The fraction of sp³-hybridized carbons (Fsp3) is 0.667. The third-order valence-electron chi connectivity index (χ3n) is 4.39. The lowest BCUT2D eigenvalue weighted by Gasteiger charge is -2.33. The van der Waals surface area contributed by atoms with Gasteiger partial charge in [0.15, 0.2) is 0 Å². The maximum atomic E-state index is 11.8. The number of hydrogen-bond donors (Lipinski definition) is 1. The van der Waals surface area contributed by atoms with E-state index >= 15 is 0 Å². The summed E-state index contributed by atoms with van der Waals surface area (Å²) in [5.74, 6) is 0.425. The van der Waals surface area contributed by atoms with Gasteiger partial charge in [-0.1, -0.05) is 12.5 Å². The first-order valence-electron chi connectivity index (χ1n) is 7.25. The smallest absolute Gasteiger partial charge is 0.150 e. The molecule has 1 N–H and O–H groups in total. The molecule has 1 fully saturated rings. The van der Waals surface area contributed by atoms with Gasteiger partial charge in [-0.15, -0.1) is 0 Å². The number of likely N-dealkylation sites (N-methyl/N-ethyl adjacent to an activating group) is 1.